The van der Waals surface area contributed by atoms with Crippen LogP contribution < -0.4 is 21.8 Å². The minimum absolute atomic E-state index is 0.347. The number of benzene rings is 1. The molecule has 0 aliphatic carbocycles. The second-order valence-electron chi connectivity index (χ2n) is 7.06. The molecule has 0 unspecified atom stereocenters. The van der Waals surface area contributed by atoms with E-state index in [0.29, 0.717) is 6.54 Å². The highest BCUT2D eigenvalue weighted by molar-refractivity contribution is 6.64. The molecule has 0 amide bonds. The van der Waals surface area contributed by atoms with Crippen molar-refractivity contribution < 1.29 is 9.31 Å². The van der Waals surface area contributed by atoms with Crippen molar-refractivity contribution in [2.75, 3.05) is 25.5 Å². The molecule has 0 aromatic heterocycles. The number of hydrogen-bond donors (Lipinski definition) is 3. The van der Waals surface area contributed by atoms with Gasteiger partial charge in [0.2, 0.25) is 0 Å². The van der Waals surface area contributed by atoms with Gasteiger partial charge in [0.15, 0.2) is 0 Å². The molecule has 1 saturated heterocycles. The fourth-order valence-corrected chi connectivity index (χ4v) is 2.65. The molecule has 1 aromatic carbocycles. The first-order valence-corrected chi connectivity index (χ1v) is 8.38. The maximum atomic E-state index is 6.20. The van der Waals surface area contributed by atoms with Crippen LogP contribution in [0.25, 0.3) is 0 Å². The Balaban J connectivity index is 2.24. The number of nitrogens with one attached hydrogen (secondary N) is 2. The summed E-state index contributed by atoms with van der Waals surface area (Å²) in [6.45, 7) is 10.6. The third-order valence-corrected chi connectivity index (χ3v) is 4.82. The summed E-state index contributed by atoms with van der Waals surface area (Å²) in [5.74, 6) is 0. The topological polar surface area (TPSA) is 68.5 Å². The summed E-state index contributed by atoms with van der Waals surface area (Å²) in [7, 11) is 1.59. The lowest BCUT2D eigenvalue weighted by molar-refractivity contribution is 0.00578. The van der Waals surface area contributed by atoms with E-state index in [-0.39, 0.29) is 18.3 Å². The molecule has 6 heteroatoms. The van der Waals surface area contributed by atoms with E-state index < -0.39 is 0 Å². The Morgan fingerprint density at radius 1 is 1.09 bits per heavy atom. The molecule has 0 spiro atoms. The van der Waals surface area contributed by atoms with Crippen LogP contribution in [-0.4, -0.2) is 38.5 Å². The maximum absolute atomic E-state index is 6.20. The first kappa shape index (κ1) is 18.3. The van der Waals surface area contributed by atoms with Crippen LogP contribution in [-0.2, 0) is 15.9 Å². The van der Waals surface area contributed by atoms with Gasteiger partial charge in [0.1, 0.15) is 0 Å². The van der Waals surface area contributed by atoms with Gasteiger partial charge in [-0.1, -0.05) is 18.2 Å². The van der Waals surface area contributed by atoms with Gasteiger partial charge in [-0.25, -0.2) is 0 Å². The second kappa shape index (κ2) is 7.22. The average molecular weight is 319 g/mol. The molecule has 2 rings (SSSR count). The van der Waals surface area contributed by atoms with Crippen LogP contribution in [0.2, 0.25) is 0 Å². The van der Waals surface area contributed by atoms with Crippen molar-refractivity contribution in [3.05, 3.63) is 23.8 Å². The molecule has 1 aliphatic rings. The van der Waals surface area contributed by atoms with Crippen LogP contribution in [0.4, 0.5) is 5.69 Å². The number of rotatable bonds is 7. The summed E-state index contributed by atoms with van der Waals surface area (Å²) in [6.07, 6.45) is 1.04. The van der Waals surface area contributed by atoms with Gasteiger partial charge < -0.3 is 25.7 Å². The van der Waals surface area contributed by atoms with Gasteiger partial charge in [0.05, 0.1) is 11.2 Å². The third-order valence-electron chi connectivity index (χ3n) is 4.82. The number of para-hydroxylation sites is 1. The SMILES string of the molecule is CNCCCNc1c(CN)cccc1B1OC(C)(C)C(C)(C)O1. The van der Waals surface area contributed by atoms with E-state index >= 15 is 0 Å². The lowest BCUT2D eigenvalue weighted by Gasteiger charge is -2.32. The minimum atomic E-state index is -0.377. The molecule has 23 heavy (non-hydrogen) atoms. The third kappa shape index (κ3) is 3.88. The van der Waals surface area contributed by atoms with Crippen molar-refractivity contribution in [3.63, 3.8) is 0 Å². The molecule has 4 N–H and O–H groups in total. The molecular formula is C17H30BN3O2. The zero-order valence-electron chi connectivity index (χ0n) is 15.0. The van der Waals surface area contributed by atoms with E-state index in [0.717, 1.165) is 36.2 Å². The van der Waals surface area contributed by atoms with Crippen molar-refractivity contribution in [2.45, 2.75) is 51.9 Å². The molecule has 0 bridgehead atoms. The van der Waals surface area contributed by atoms with E-state index in [2.05, 4.69) is 50.5 Å². The second-order valence-corrected chi connectivity index (χ2v) is 7.06. The lowest BCUT2D eigenvalue weighted by Crippen LogP contribution is -2.41. The quantitative estimate of drug-likeness (QED) is 0.524. The van der Waals surface area contributed by atoms with Gasteiger partial charge in [0.25, 0.3) is 0 Å². The summed E-state index contributed by atoms with van der Waals surface area (Å²) in [6, 6.07) is 6.12. The summed E-state index contributed by atoms with van der Waals surface area (Å²) in [4.78, 5) is 0. The van der Waals surface area contributed by atoms with E-state index in [1.165, 1.54) is 0 Å². The molecule has 5 nitrogen and oxygen atoms in total. The predicted molar refractivity (Wildman–Crippen MR) is 97.1 cm³/mol. The van der Waals surface area contributed by atoms with Crippen molar-refractivity contribution in [1.82, 2.24) is 5.32 Å². The summed E-state index contributed by atoms with van der Waals surface area (Å²) in [5, 5.41) is 6.68. The Kier molecular flexibility index (Phi) is 5.73. The van der Waals surface area contributed by atoms with Crippen LogP contribution in [0, 0.1) is 0 Å². The lowest BCUT2D eigenvalue weighted by atomic mass is 9.76. The Morgan fingerprint density at radius 2 is 1.74 bits per heavy atom. The van der Waals surface area contributed by atoms with E-state index in [1.807, 2.05) is 13.1 Å². The number of hydrogen-bond acceptors (Lipinski definition) is 5. The van der Waals surface area contributed by atoms with Gasteiger partial charge >= 0.3 is 7.12 Å². The predicted octanol–water partition coefficient (Wildman–Crippen LogP) is 1.47. The first-order valence-electron chi connectivity index (χ1n) is 8.38. The first-order chi connectivity index (χ1) is 10.8. The molecule has 1 heterocycles. The highest BCUT2D eigenvalue weighted by Crippen LogP contribution is 2.37. The van der Waals surface area contributed by atoms with E-state index in [4.69, 9.17) is 15.0 Å². The summed E-state index contributed by atoms with van der Waals surface area (Å²) >= 11 is 0. The zero-order chi connectivity index (χ0) is 17.1. The minimum Gasteiger partial charge on any atom is -0.399 e. The highest BCUT2D eigenvalue weighted by atomic mass is 16.7. The normalized spacial score (nSPS) is 19.1. The van der Waals surface area contributed by atoms with Gasteiger partial charge in [-0.05, 0) is 53.3 Å². The van der Waals surface area contributed by atoms with Gasteiger partial charge in [-0.3, -0.25) is 0 Å². The van der Waals surface area contributed by atoms with Crippen molar-refractivity contribution >= 4 is 18.3 Å². The van der Waals surface area contributed by atoms with Gasteiger partial charge in [-0.2, -0.15) is 0 Å². The van der Waals surface area contributed by atoms with Crippen LogP contribution in [0.3, 0.4) is 0 Å². The molecule has 1 aromatic rings. The Bertz CT molecular complexity index is 519. The Morgan fingerprint density at radius 3 is 2.30 bits per heavy atom. The standard InChI is InChI=1S/C17H30BN3O2/c1-16(2)17(3,4)23-18(22-16)14-9-6-8-13(12-19)15(14)21-11-7-10-20-5/h6,8-9,20-21H,7,10-12,19H2,1-5H3. The molecule has 0 saturated carbocycles. The van der Waals surface area contributed by atoms with Crippen LogP contribution in [0.1, 0.15) is 39.7 Å². The van der Waals surface area contributed by atoms with E-state index in [9.17, 15) is 0 Å². The fraction of sp³-hybridized carbons (Fsp3) is 0.647. The van der Waals surface area contributed by atoms with Crippen LogP contribution in [0.15, 0.2) is 18.2 Å². The largest absolute Gasteiger partial charge is 0.496 e. The number of anilines is 1. The Labute approximate surface area is 140 Å². The molecule has 1 aliphatic heterocycles. The Hall–Kier alpha value is -1.08. The molecular weight excluding hydrogens is 289 g/mol. The average Bonchev–Trinajstić information content (AvgIpc) is 2.71. The van der Waals surface area contributed by atoms with E-state index in [1.54, 1.807) is 0 Å². The molecule has 128 valence electrons. The molecule has 0 atom stereocenters. The van der Waals surface area contributed by atoms with Crippen LogP contribution >= 0.6 is 0 Å². The fourth-order valence-electron chi connectivity index (χ4n) is 2.65. The monoisotopic (exact) mass is 319 g/mol. The van der Waals surface area contributed by atoms with Crippen molar-refractivity contribution in [1.29, 1.82) is 0 Å². The van der Waals surface area contributed by atoms with Crippen LogP contribution in [0.5, 0.6) is 0 Å². The van der Waals surface area contributed by atoms with Crippen molar-refractivity contribution in [3.8, 4) is 0 Å². The number of nitrogens with two attached hydrogens (primary N) is 1. The zero-order valence-corrected chi connectivity index (χ0v) is 15.0. The smallest absolute Gasteiger partial charge is 0.399 e. The summed E-state index contributed by atoms with van der Waals surface area (Å²) in [5.41, 5.74) is 8.38. The maximum Gasteiger partial charge on any atom is 0.496 e. The highest BCUT2D eigenvalue weighted by Gasteiger charge is 2.52. The van der Waals surface area contributed by atoms with Crippen molar-refractivity contribution in [2.24, 2.45) is 5.73 Å². The van der Waals surface area contributed by atoms with Gasteiger partial charge in [0, 0.05) is 24.2 Å². The van der Waals surface area contributed by atoms with Gasteiger partial charge in [-0.15, -0.1) is 0 Å². The molecule has 0 radical (unpaired) electrons. The summed E-state index contributed by atoms with van der Waals surface area (Å²) < 4.78 is 12.4. The molecule has 1 fully saturated rings.